The van der Waals surface area contributed by atoms with E-state index < -0.39 is 36.1 Å². The number of aliphatic hydroxyl groups is 5. The van der Waals surface area contributed by atoms with Gasteiger partial charge in [0.25, 0.3) is 0 Å². The van der Waals surface area contributed by atoms with Gasteiger partial charge in [0.1, 0.15) is 5.60 Å². The minimum atomic E-state index is -0.631. The molecule has 0 radical (unpaired) electrons. The molecule has 0 aliphatic rings. The Labute approximate surface area is 162 Å². The standard InChI is InChI=1S/C19H39NO7/c1-19(2,3)27-18(26)20-12-10-16(24)8-6-14(22)4-5-15(23)7-9-17(25)11-13-21/h14-17,21-25H,4-13H2,1-3H3,(H,20,26). The van der Waals surface area contributed by atoms with Gasteiger partial charge in [0.2, 0.25) is 0 Å². The van der Waals surface area contributed by atoms with E-state index in [1.807, 2.05) is 0 Å². The van der Waals surface area contributed by atoms with Gasteiger partial charge in [-0.25, -0.2) is 4.79 Å². The minimum absolute atomic E-state index is 0.0778. The van der Waals surface area contributed by atoms with Gasteiger partial charge in [-0.15, -0.1) is 0 Å². The van der Waals surface area contributed by atoms with Crippen LogP contribution < -0.4 is 5.32 Å². The Morgan fingerprint density at radius 3 is 1.52 bits per heavy atom. The monoisotopic (exact) mass is 393 g/mol. The maximum Gasteiger partial charge on any atom is 0.407 e. The first kappa shape index (κ1) is 26.1. The Hall–Kier alpha value is -0.930. The van der Waals surface area contributed by atoms with Crippen molar-refractivity contribution in [2.24, 2.45) is 0 Å². The smallest absolute Gasteiger partial charge is 0.407 e. The van der Waals surface area contributed by atoms with E-state index in [1.54, 1.807) is 20.8 Å². The summed E-state index contributed by atoms with van der Waals surface area (Å²) in [5.74, 6) is 0. The Bertz CT molecular complexity index is 387. The third kappa shape index (κ3) is 16.9. The molecule has 0 aromatic heterocycles. The second kappa shape index (κ2) is 14.1. The lowest BCUT2D eigenvalue weighted by Crippen LogP contribution is -2.34. The number of amides is 1. The molecule has 4 atom stereocenters. The fraction of sp³-hybridized carbons (Fsp3) is 0.947. The van der Waals surface area contributed by atoms with Gasteiger partial charge in [-0.1, -0.05) is 0 Å². The van der Waals surface area contributed by atoms with Gasteiger partial charge in [0.05, 0.1) is 24.4 Å². The predicted octanol–water partition coefficient (Wildman–Crippen LogP) is 1.07. The largest absolute Gasteiger partial charge is 0.444 e. The van der Waals surface area contributed by atoms with Crippen molar-refractivity contribution < 1.29 is 35.1 Å². The molecule has 6 N–H and O–H groups in total. The van der Waals surface area contributed by atoms with E-state index in [0.717, 1.165) is 0 Å². The summed E-state index contributed by atoms with van der Waals surface area (Å²) in [6.07, 6.45) is 0.187. The number of hydrogen-bond acceptors (Lipinski definition) is 7. The molecule has 0 heterocycles. The minimum Gasteiger partial charge on any atom is -0.444 e. The van der Waals surface area contributed by atoms with Crippen molar-refractivity contribution in [2.75, 3.05) is 13.2 Å². The zero-order valence-corrected chi connectivity index (χ0v) is 16.9. The zero-order valence-electron chi connectivity index (χ0n) is 16.9. The van der Waals surface area contributed by atoms with Crippen LogP contribution in [0.4, 0.5) is 4.79 Å². The molecule has 0 bridgehead atoms. The number of hydrogen-bond donors (Lipinski definition) is 6. The summed E-state index contributed by atoms with van der Waals surface area (Å²) in [6, 6.07) is 0. The molecular weight excluding hydrogens is 354 g/mol. The average Bonchev–Trinajstić information content (AvgIpc) is 2.54. The van der Waals surface area contributed by atoms with Gasteiger partial charge >= 0.3 is 6.09 Å². The highest BCUT2D eigenvalue weighted by Gasteiger charge is 2.17. The second-order valence-electron chi connectivity index (χ2n) is 8.08. The van der Waals surface area contributed by atoms with Gasteiger partial charge in [-0.05, 0) is 72.1 Å². The summed E-state index contributed by atoms with van der Waals surface area (Å²) in [5, 5.41) is 50.5. The van der Waals surface area contributed by atoms with Crippen LogP contribution in [0.15, 0.2) is 0 Å². The third-order valence-electron chi connectivity index (χ3n) is 4.11. The van der Waals surface area contributed by atoms with Crippen molar-refractivity contribution in [1.82, 2.24) is 5.32 Å². The summed E-state index contributed by atoms with van der Waals surface area (Å²) in [5.41, 5.74) is -0.561. The molecule has 0 saturated carbocycles. The molecule has 1 amide bonds. The molecule has 0 aliphatic carbocycles. The molecule has 0 fully saturated rings. The Balaban J connectivity index is 3.76. The Morgan fingerprint density at radius 1 is 0.778 bits per heavy atom. The number of alkyl carbamates (subject to hydrolysis) is 1. The first-order valence-electron chi connectivity index (χ1n) is 9.83. The van der Waals surface area contributed by atoms with E-state index in [2.05, 4.69) is 5.32 Å². The van der Waals surface area contributed by atoms with Gasteiger partial charge in [-0.3, -0.25) is 0 Å². The van der Waals surface area contributed by atoms with Crippen molar-refractivity contribution in [3.63, 3.8) is 0 Å². The maximum absolute atomic E-state index is 11.5. The van der Waals surface area contributed by atoms with Gasteiger partial charge in [-0.2, -0.15) is 0 Å². The van der Waals surface area contributed by atoms with Crippen LogP contribution in [0.3, 0.4) is 0 Å². The SMILES string of the molecule is CC(C)(C)OC(=O)NCCC(O)CCC(O)CCC(O)CCC(O)CCO. The van der Waals surface area contributed by atoms with E-state index in [4.69, 9.17) is 9.84 Å². The molecule has 4 unspecified atom stereocenters. The lowest BCUT2D eigenvalue weighted by molar-refractivity contribution is 0.0509. The summed E-state index contributed by atoms with van der Waals surface area (Å²) in [4.78, 5) is 11.5. The third-order valence-corrected chi connectivity index (χ3v) is 4.11. The van der Waals surface area contributed by atoms with Gasteiger partial charge in [0, 0.05) is 13.2 Å². The fourth-order valence-corrected chi connectivity index (χ4v) is 2.54. The fourth-order valence-electron chi connectivity index (χ4n) is 2.54. The van der Waals surface area contributed by atoms with Gasteiger partial charge in [0.15, 0.2) is 0 Å². The number of rotatable bonds is 14. The molecular formula is C19H39NO7. The summed E-state index contributed by atoms with van der Waals surface area (Å²) in [7, 11) is 0. The normalized spacial score (nSPS) is 16.4. The average molecular weight is 394 g/mol. The van der Waals surface area contributed by atoms with Crippen molar-refractivity contribution in [3.8, 4) is 0 Å². The van der Waals surface area contributed by atoms with Crippen LogP contribution >= 0.6 is 0 Å². The molecule has 0 spiro atoms. The van der Waals surface area contributed by atoms with Crippen molar-refractivity contribution in [1.29, 1.82) is 0 Å². The summed E-state index contributed by atoms with van der Waals surface area (Å²) >= 11 is 0. The second-order valence-corrected chi connectivity index (χ2v) is 8.08. The number of aliphatic hydroxyl groups excluding tert-OH is 5. The lowest BCUT2D eigenvalue weighted by atomic mass is 10.00. The maximum atomic E-state index is 11.5. The molecule has 0 saturated heterocycles. The van der Waals surface area contributed by atoms with Crippen LogP contribution in [0.5, 0.6) is 0 Å². The molecule has 8 heteroatoms. The number of carbonyl (C=O) groups is 1. The topological polar surface area (TPSA) is 139 Å². The van der Waals surface area contributed by atoms with E-state index in [1.165, 1.54) is 0 Å². The highest BCUT2D eigenvalue weighted by molar-refractivity contribution is 5.67. The summed E-state index contributed by atoms with van der Waals surface area (Å²) in [6.45, 7) is 5.54. The van der Waals surface area contributed by atoms with Crippen LogP contribution in [0.2, 0.25) is 0 Å². The quantitative estimate of drug-likeness (QED) is 0.259. The molecule has 0 aliphatic heterocycles. The van der Waals surface area contributed by atoms with Crippen LogP contribution in [0.1, 0.15) is 72.1 Å². The van der Waals surface area contributed by atoms with Crippen molar-refractivity contribution in [3.05, 3.63) is 0 Å². The summed E-state index contributed by atoms with van der Waals surface area (Å²) < 4.78 is 5.10. The molecule has 0 rings (SSSR count). The highest BCUT2D eigenvalue weighted by Crippen LogP contribution is 2.14. The first-order valence-corrected chi connectivity index (χ1v) is 9.83. The number of carbonyl (C=O) groups excluding carboxylic acids is 1. The van der Waals surface area contributed by atoms with Crippen molar-refractivity contribution in [2.45, 2.75) is 102 Å². The number of nitrogens with one attached hydrogen (secondary N) is 1. The first-order chi connectivity index (χ1) is 12.5. The zero-order chi connectivity index (χ0) is 20.9. The Morgan fingerprint density at radius 2 is 1.15 bits per heavy atom. The van der Waals surface area contributed by atoms with E-state index in [9.17, 15) is 25.2 Å². The highest BCUT2D eigenvalue weighted by atomic mass is 16.6. The van der Waals surface area contributed by atoms with Gasteiger partial charge < -0.3 is 35.6 Å². The predicted molar refractivity (Wildman–Crippen MR) is 102 cm³/mol. The molecule has 8 nitrogen and oxygen atoms in total. The van der Waals surface area contributed by atoms with Crippen molar-refractivity contribution >= 4 is 6.09 Å². The van der Waals surface area contributed by atoms with E-state index in [-0.39, 0.29) is 6.61 Å². The van der Waals surface area contributed by atoms with E-state index >= 15 is 0 Å². The van der Waals surface area contributed by atoms with Crippen LogP contribution in [0, 0.1) is 0 Å². The Kier molecular flexibility index (Phi) is 13.6. The van der Waals surface area contributed by atoms with Crippen LogP contribution in [0.25, 0.3) is 0 Å². The molecule has 0 aromatic carbocycles. The lowest BCUT2D eigenvalue weighted by Gasteiger charge is -2.20. The van der Waals surface area contributed by atoms with Crippen LogP contribution in [-0.4, -0.2) is 74.8 Å². The molecule has 27 heavy (non-hydrogen) atoms. The molecule has 162 valence electrons. The van der Waals surface area contributed by atoms with Crippen LogP contribution in [-0.2, 0) is 4.74 Å². The number of ether oxygens (including phenoxy) is 1. The molecule has 0 aromatic rings. The van der Waals surface area contributed by atoms with E-state index in [0.29, 0.717) is 57.9 Å².